The number of rotatable bonds is 9. The number of hydrogen-bond acceptors (Lipinski definition) is 3. The van der Waals surface area contributed by atoms with Gasteiger partial charge in [-0.2, -0.15) is 0 Å². The Kier molecular flexibility index (Phi) is 8.22. The first-order valence-electron chi connectivity index (χ1n) is 7.93. The van der Waals surface area contributed by atoms with Crippen molar-refractivity contribution < 1.29 is 9.59 Å². The molecule has 0 fully saturated rings. The molecule has 1 aromatic rings. The maximum Gasteiger partial charge on any atom is 0.226 e. The van der Waals surface area contributed by atoms with E-state index in [4.69, 9.17) is 5.73 Å². The van der Waals surface area contributed by atoms with Crippen molar-refractivity contribution in [2.75, 3.05) is 17.2 Å². The Morgan fingerprint density at radius 2 is 1.68 bits per heavy atom. The van der Waals surface area contributed by atoms with E-state index in [1.165, 1.54) is 0 Å². The zero-order valence-corrected chi connectivity index (χ0v) is 13.5. The number of nitrogens with two attached hydrogens (primary N) is 1. The molecule has 0 radical (unpaired) electrons. The molecule has 0 aliphatic carbocycles. The normalized spacial score (nSPS) is 10.5. The van der Waals surface area contributed by atoms with E-state index in [-0.39, 0.29) is 17.7 Å². The maximum atomic E-state index is 11.9. The first kappa shape index (κ1) is 18.2. The third kappa shape index (κ3) is 7.22. The number of hydrogen-bond donors (Lipinski definition) is 3. The number of nitrogens with one attached hydrogen (secondary N) is 2. The third-order valence-corrected chi connectivity index (χ3v) is 3.30. The molecule has 4 N–H and O–H groups in total. The number of benzene rings is 1. The molecule has 1 rings (SSSR count). The highest BCUT2D eigenvalue weighted by atomic mass is 16.2. The van der Waals surface area contributed by atoms with Crippen molar-refractivity contribution in [3.8, 4) is 0 Å². The predicted molar refractivity (Wildman–Crippen MR) is 90.7 cm³/mol. The zero-order chi connectivity index (χ0) is 16.4. The number of carbonyl (C=O) groups is 2. The first-order chi connectivity index (χ1) is 10.5. The first-order valence-corrected chi connectivity index (χ1v) is 7.93. The van der Waals surface area contributed by atoms with Crippen LogP contribution in [0.25, 0.3) is 0 Å². The van der Waals surface area contributed by atoms with Crippen LogP contribution in [-0.4, -0.2) is 18.4 Å². The smallest absolute Gasteiger partial charge is 0.226 e. The Labute approximate surface area is 132 Å². The van der Waals surface area contributed by atoms with Crippen LogP contribution in [0.5, 0.6) is 0 Å². The average molecular weight is 305 g/mol. The second kappa shape index (κ2) is 9.95. The second-order valence-corrected chi connectivity index (χ2v) is 5.73. The van der Waals surface area contributed by atoms with E-state index in [0.29, 0.717) is 24.3 Å². The highest BCUT2D eigenvalue weighted by Gasteiger charge is 2.08. The molecule has 5 nitrogen and oxygen atoms in total. The topological polar surface area (TPSA) is 84.2 Å². The summed E-state index contributed by atoms with van der Waals surface area (Å²) in [6.45, 7) is 4.39. The fourth-order valence-corrected chi connectivity index (χ4v) is 1.97. The SMILES string of the molecule is CC(C)C(=O)Nc1cccc(NC(=O)CCCCCCN)c1. The Morgan fingerprint density at radius 3 is 2.32 bits per heavy atom. The van der Waals surface area contributed by atoms with Gasteiger partial charge in [0, 0.05) is 23.7 Å². The predicted octanol–water partition coefficient (Wildman–Crippen LogP) is 3.13. The molecular formula is C17H27N3O2. The van der Waals surface area contributed by atoms with Crippen LogP contribution in [0.2, 0.25) is 0 Å². The van der Waals surface area contributed by atoms with Gasteiger partial charge >= 0.3 is 0 Å². The van der Waals surface area contributed by atoms with Crippen LogP contribution >= 0.6 is 0 Å². The van der Waals surface area contributed by atoms with Crippen LogP contribution in [0, 0.1) is 5.92 Å². The van der Waals surface area contributed by atoms with Crippen molar-refractivity contribution in [1.29, 1.82) is 0 Å². The third-order valence-electron chi connectivity index (χ3n) is 3.30. The van der Waals surface area contributed by atoms with Crippen LogP contribution in [0.15, 0.2) is 24.3 Å². The van der Waals surface area contributed by atoms with E-state index in [0.717, 1.165) is 25.7 Å². The molecule has 0 bridgehead atoms. The fraction of sp³-hybridized carbons (Fsp3) is 0.529. The summed E-state index contributed by atoms with van der Waals surface area (Å²) in [7, 11) is 0. The molecule has 22 heavy (non-hydrogen) atoms. The minimum atomic E-state index is -0.0771. The summed E-state index contributed by atoms with van der Waals surface area (Å²) >= 11 is 0. The number of unbranched alkanes of at least 4 members (excludes halogenated alkanes) is 3. The molecule has 0 heterocycles. The summed E-state index contributed by atoms with van der Waals surface area (Å²) in [5.74, 6) is -0.116. The van der Waals surface area contributed by atoms with E-state index in [2.05, 4.69) is 10.6 Å². The van der Waals surface area contributed by atoms with Gasteiger partial charge in [0.2, 0.25) is 11.8 Å². The van der Waals surface area contributed by atoms with Crippen LogP contribution < -0.4 is 16.4 Å². The monoisotopic (exact) mass is 305 g/mol. The van der Waals surface area contributed by atoms with E-state index < -0.39 is 0 Å². The minimum Gasteiger partial charge on any atom is -0.330 e. The van der Waals surface area contributed by atoms with Gasteiger partial charge < -0.3 is 16.4 Å². The molecule has 0 saturated heterocycles. The van der Waals surface area contributed by atoms with Gasteiger partial charge in [-0.15, -0.1) is 0 Å². The van der Waals surface area contributed by atoms with Gasteiger partial charge in [0.05, 0.1) is 0 Å². The minimum absolute atomic E-state index is 0.0000783. The molecule has 0 aliphatic heterocycles. The summed E-state index contributed by atoms with van der Waals surface area (Å²) in [5, 5.41) is 5.68. The Bertz CT molecular complexity index is 487. The molecule has 0 atom stereocenters. The molecule has 5 heteroatoms. The van der Waals surface area contributed by atoms with E-state index in [1.54, 1.807) is 6.07 Å². The summed E-state index contributed by atoms with van der Waals surface area (Å²) in [5.41, 5.74) is 6.83. The van der Waals surface area contributed by atoms with Crippen molar-refractivity contribution in [3.05, 3.63) is 24.3 Å². The quantitative estimate of drug-likeness (QED) is 0.613. The molecule has 2 amide bonds. The summed E-state index contributed by atoms with van der Waals surface area (Å²) in [6, 6.07) is 7.21. The maximum absolute atomic E-state index is 11.9. The van der Waals surface area contributed by atoms with Crippen LogP contribution in [0.4, 0.5) is 11.4 Å². The number of anilines is 2. The van der Waals surface area contributed by atoms with Crippen LogP contribution in [0.1, 0.15) is 46.0 Å². The summed E-state index contributed by atoms with van der Waals surface area (Å²) in [4.78, 5) is 23.5. The average Bonchev–Trinajstić information content (AvgIpc) is 2.47. The molecule has 1 aromatic carbocycles. The van der Waals surface area contributed by atoms with Gasteiger partial charge in [0.25, 0.3) is 0 Å². The van der Waals surface area contributed by atoms with Gasteiger partial charge in [-0.25, -0.2) is 0 Å². The van der Waals surface area contributed by atoms with Gasteiger partial charge in [-0.05, 0) is 37.6 Å². The lowest BCUT2D eigenvalue weighted by Crippen LogP contribution is -2.18. The molecule has 0 saturated carbocycles. The van der Waals surface area contributed by atoms with Gasteiger partial charge in [0.1, 0.15) is 0 Å². The Hall–Kier alpha value is -1.88. The van der Waals surface area contributed by atoms with E-state index >= 15 is 0 Å². The number of amides is 2. The zero-order valence-electron chi connectivity index (χ0n) is 13.5. The lowest BCUT2D eigenvalue weighted by molar-refractivity contribution is -0.119. The standard InChI is InChI=1S/C17H27N3O2/c1-13(2)17(22)20-15-9-7-8-14(12-15)19-16(21)10-5-3-4-6-11-18/h7-9,12-13H,3-6,10-11,18H2,1-2H3,(H,19,21)(H,20,22). The largest absolute Gasteiger partial charge is 0.330 e. The summed E-state index contributed by atoms with van der Waals surface area (Å²) < 4.78 is 0. The van der Waals surface area contributed by atoms with Crippen LogP contribution in [0.3, 0.4) is 0 Å². The van der Waals surface area contributed by atoms with Crippen molar-refractivity contribution >= 4 is 23.2 Å². The molecular weight excluding hydrogens is 278 g/mol. The van der Waals surface area contributed by atoms with Crippen molar-refractivity contribution in [2.24, 2.45) is 11.7 Å². The molecule has 0 aromatic heterocycles. The van der Waals surface area contributed by atoms with Crippen LogP contribution in [-0.2, 0) is 9.59 Å². The Balaban J connectivity index is 2.42. The highest BCUT2D eigenvalue weighted by Crippen LogP contribution is 2.16. The van der Waals surface area contributed by atoms with Gasteiger partial charge in [0.15, 0.2) is 0 Å². The fourth-order valence-electron chi connectivity index (χ4n) is 1.97. The summed E-state index contributed by atoms with van der Waals surface area (Å²) in [6.07, 6.45) is 4.48. The second-order valence-electron chi connectivity index (χ2n) is 5.73. The van der Waals surface area contributed by atoms with Crippen molar-refractivity contribution in [1.82, 2.24) is 0 Å². The molecule has 0 unspecified atom stereocenters. The lowest BCUT2D eigenvalue weighted by atomic mass is 10.1. The van der Waals surface area contributed by atoms with Gasteiger partial charge in [-0.3, -0.25) is 9.59 Å². The molecule has 0 aliphatic rings. The Morgan fingerprint density at radius 1 is 1.05 bits per heavy atom. The van der Waals surface area contributed by atoms with Crippen molar-refractivity contribution in [3.63, 3.8) is 0 Å². The molecule has 122 valence electrons. The van der Waals surface area contributed by atoms with E-state index in [9.17, 15) is 9.59 Å². The lowest BCUT2D eigenvalue weighted by Gasteiger charge is -2.10. The molecule has 0 spiro atoms. The van der Waals surface area contributed by atoms with Gasteiger partial charge in [-0.1, -0.05) is 32.8 Å². The highest BCUT2D eigenvalue weighted by molar-refractivity contribution is 5.94. The van der Waals surface area contributed by atoms with Crippen molar-refractivity contribution in [2.45, 2.75) is 46.0 Å². The van der Waals surface area contributed by atoms with E-state index in [1.807, 2.05) is 32.0 Å². The number of carbonyl (C=O) groups excluding carboxylic acids is 2.